The first-order valence-electron chi connectivity index (χ1n) is 7.00. The zero-order valence-corrected chi connectivity index (χ0v) is 12.7. The van der Waals surface area contributed by atoms with Gasteiger partial charge < -0.3 is 10.6 Å². The van der Waals surface area contributed by atoms with Gasteiger partial charge in [-0.05, 0) is 42.8 Å². The molecular formula is C17H16F2N2O2. The largest absolute Gasteiger partial charge is 0.346 e. The van der Waals surface area contributed by atoms with Gasteiger partial charge in [0.1, 0.15) is 0 Å². The minimum Gasteiger partial charge on any atom is -0.346 e. The van der Waals surface area contributed by atoms with Gasteiger partial charge in [-0.3, -0.25) is 9.59 Å². The van der Waals surface area contributed by atoms with Crippen LogP contribution in [0.3, 0.4) is 0 Å². The van der Waals surface area contributed by atoms with E-state index in [4.69, 9.17) is 0 Å². The third-order valence-corrected chi connectivity index (χ3v) is 3.24. The highest BCUT2D eigenvalue weighted by Crippen LogP contribution is 2.18. The van der Waals surface area contributed by atoms with Gasteiger partial charge in [0.15, 0.2) is 11.6 Å². The molecule has 2 rings (SSSR count). The maximum atomic E-state index is 13.2. The fourth-order valence-electron chi connectivity index (χ4n) is 2.09. The van der Waals surface area contributed by atoms with Crippen molar-refractivity contribution in [2.24, 2.45) is 0 Å². The first kappa shape index (κ1) is 16.6. The average Bonchev–Trinajstić information content (AvgIpc) is 2.49. The van der Waals surface area contributed by atoms with Crippen molar-refractivity contribution in [2.75, 3.05) is 5.32 Å². The molecule has 2 N–H and O–H groups in total. The molecule has 120 valence electrons. The number of anilines is 1. The Kier molecular flexibility index (Phi) is 5.05. The van der Waals surface area contributed by atoms with Crippen LogP contribution in [0.2, 0.25) is 0 Å². The normalized spacial score (nSPS) is 11.7. The molecule has 0 radical (unpaired) electrons. The van der Waals surface area contributed by atoms with Crippen LogP contribution < -0.4 is 10.6 Å². The Morgan fingerprint density at radius 3 is 2.43 bits per heavy atom. The van der Waals surface area contributed by atoms with E-state index < -0.39 is 17.5 Å². The highest BCUT2D eigenvalue weighted by atomic mass is 19.2. The van der Waals surface area contributed by atoms with Gasteiger partial charge in [-0.15, -0.1) is 0 Å². The van der Waals surface area contributed by atoms with Gasteiger partial charge in [-0.1, -0.05) is 12.1 Å². The van der Waals surface area contributed by atoms with Crippen LogP contribution in [-0.2, 0) is 4.79 Å². The van der Waals surface area contributed by atoms with Crippen LogP contribution in [0.1, 0.15) is 35.8 Å². The summed E-state index contributed by atoms with van der Waals surface area (Å²) >= 11 is 0. The molecule has 0 saturated carbocycles. The van der Waals surface area contributed by atoms with Crippen molar-refractivity contribution >= 4 is 17.5 Å². The second-order valence-electron chi connectivity index (χ2n) is 5.13. The quantitative estimate of drug-likeness (QED) is 0.907. The fraction of sp³-hybridized carbons (Fsp3) is 0.176. The molecule has 0 spiro atoms. The molecule has 2 amide bonds. The molecule has 0 aliphatic heterocycles. The van der Waals surface area contributed by atoms with Gasteiger partial charge >= 0.3 is 0 Å². The molecule has 1 atom stereocenters. The van der Waals surface area contributed by atoms with Gasteiger partial charge in [-0.25, -0.2) is 8.78 Å². The lowest BCUT2D eigenvalue weighted by Gasteiger charge is -2.15. The van der Waals surface area contributed by atoms with Gasteiger partial charge in [0.2, 0.25) is 5.91 Å². The Bertz CT molecular complexity index is 747. The van der Waals surface area contributed by atoms with Crippen LogP contribution in [0.4, 0.5) is 14.5 Å². The van der Waals surface area contributed by atoms with Gasteiger partial charge in [0.25, 0.3) is 5.91 Å². The highest BCUT2D eigenvalue weighted by molar-refractivity contribution is 5.94. The number of halogens is 2. The smallest absolute Gasteiger partial charge is 0.251 e. The van der Waals surface area contributed by atoms with Crippen molar-refractivity contribution in [1.29, 1.82) is 0 Å². The Balaban J connectivity index is 2.11. The number of hydrogen-bond acceptors (Lipinski definition) is 2. The predicted octanol–water partition coefficient (Wildman–Crippen LogP) is 3.41. The lowest BCUT2D eigenvalue weighted by Crippen LogP contribution is -2.26. The fourth-order valence-corrected chi connectivity index (χ4v) is 2.09. The van der Waals surface area contributed by atoms with E-state index in [0.29, 0.717) is 5.69 Å². The maximum absolute atomic E-state index is 13.2. The Hall–Kier alpha value is -2.76. The Morgan fingerprint density at radius 1 is 1.04 bits per heavy atom. The molecule has 6 heteroatoms. The molecule has 0 saturated heterocycles. The first-order valence-corrected chi connectivity index (χ1v) is 7.00. The number of hydrogen-bond donors (Lipinski definition) is 2. The molecule has 0 fully saturated rings. The number of carbonyl (C=O) groups excluding carboxylic acids is 2. The summed E-state index contributed by atoms with van der Waals surface area (Å²) in [6.07, 6.45) is 0. The third kappa shape index (κ3) is 4.35. The number of carbonyl (C=O) groups is 2. The second kappa shape index (κ2) is 7.00. The number of nitrogens with one attached hydrogen (secondary N) is 2. The minimum absolute atomic E-state index is 0.0359. The molecule has 2 aromatic carbocycles. The summed E-state index contributed by atoms with van der Waals surface area (Å²) in [6.45, 7) is 3.16. The molecular weight excluding hydrogens is 302 g/mol. The zero-order valence-electron chi connectivity index (χ0n) is 12.7. The summed E-state index contributed by atoms with van der Waals surface area (Å²) in [6, 6.07) is 9.62. The van der Waals surface area contributed by atoms with Crippen molar-refractivity contribution in [2.45, 2.75) is 19.9 Å². The monoisotopic (exact) mass is 318 g/mol. The van der Waals surface area contributed by atoms with Crippen molar-refractivity contribution in [3.63, 3.8) is 0 Å². The SMILES string of the molecule is CC(=O)Nc1cccc([C@H](C)NC(=O)c2ccc(F)c(F)c2)c1. The zero-order chi connectivity index (χ0) is 17.0. The van der Waals surface area contributed by atoms with E-state index in [1.54, 1.807) is 31.2 Å². The molecule has 0 aliphatic rings. The van der Waals surface area contributed by atoms with Crippen LogP contribution in [0.15, 0.2) is 42.5 Å². The molecule has 0 aliphatic carbocycles. The Morgan fingerprint density at radius 2 is 1.78 bits per heavy atom. The lowest BCUT2D eigenvalue weighted by atomic mass is 10.1. The van der Waals surface area contributed by atoms with Crippen molar-refractivity contribution < 1.29 is 18.4 Å². The van der Waals surface area contributed by atoms with E-state index in [2.05, 4.69) is 10.6 Å². The maximum Gasteiger partial charge on any atom is 0.251 e. The first-order chi connectivity index (χ1) is 10.9. The van der Waals surface area contributed by atoms with Crippen LogP contribution in [0.5, 0.6) is 0 Å². The molecule has 23 heavy (non-hydrogen) atoms. The molecule has 0 bridgehead atoms. The molecule has 0 unspecified atom stereocenters. The van der Waals surface area contributed by atoms with Crippen LogP contribution in [0, 0.1) is 11.6 Å². The number of amides is 2. The Labute approximate surface area is 132 Å². The van der Waals surface area contributed by atoms with Crippen LogP contribution in [-0.4, -0.2) is 11.8 Å². The average molecular weight is 318 g/mol. The summed E-state index contributed by atoms with van der Waals surface area (Å²) in [4.78, 5) is 23.2. The summed E-state index contributed by atoms with van der Waals surface area (Å²) in [5, 5.41) is 5.35. The van der Waals surface area contributed by atoms with Gasteiger partial charge in [-0.2, -0.15) is 0 Å². The van der Waals surface area contributed by atoms with Crippen molar-refractivity contribution in [1.82, 2.24) is 5.32 Å². The second-order valence-corrected chi connectivity index (χ2v) is 5.13. The molecule has 2 aromatic rings. The van der Waals surface area contributed by atoms with Gasteiger partial charge in [0, 0.05) is 18.2 Å². The summed E-state index contributed by atoms with van der Waals surface area (Å²) in [5.41, 5.74) is 1.42. The van der Waals surface area contributed by atoms with E-state index >= 15 is 0 Å². The van der Waals surface area contributed by atoms with Crippen molar-refractivity contribution in [3.05, 3.63) is 65.2 Å². The van der Waals surface area contributed by atoms with Gasteiger partial charge in [0.05, 0.1) is 6.04 Å². The van der Waals surface area contributed by atoms with Crippen LogP contribution >= 0.6 is 0 Å². The molecule has 0 aromatic heterocycles. The third-order valence-electron chi connectivity index (χ3n) is 3.24. The van der Waals surface area contributed by atoms with E-state index in [-0.39, 0.29) is 17.5 Å². The minimum atomic E-state index is -1.07. The summed E-state index contributed by atoms with van der Waals surface area (Å²) < 4.78 is 26.1. The lowest BCUT2D eigenvalue weighted by molar-refractivity contribution is -0.114. The molecule has 0 heterocycles. The van der Waals surface area contributed by atoms with E-state index in [1.807, 2.05) is 0 Å². The van der Waals surface area contributed by atoms with E-state index in [0.717, 1.165) is 17.7 Å². The predicted molar refractivity (Wildman–Crippen MR) is 83.0 cm³/mol. The standard InChI is InChI=1S/C17H16F2N2O2/c1-10(12-4-3-5-14(8-12)21-11(2)22)20-17(23)13-6-7-15(18)16(19)9-13/h3-10H,1-2H3,(H,20,23)(H,21,22)/t10-/m0/s1. The van der Waals surface area contributed by atoms with Crippen molar-refractivity contribution in [3.8, 4) is 0 Å². The summed E-state index contributed by atoms with van der Waals surface area (Å²) in [7, 11) is 0. The van der Waals surface area contributed by atoms with E-state index in [1.165, 1.54) is 13.0 Å². The summed E-state index contributed by atoms with van der Waals surface area (Å²) in [5.74, 6) is -2.78. The number of rotatable bonds is 4. The van der Waals surface area contributed by atoms with Crippen LogP contribution in [0.25, 0.3) is 0 Å². The molecule has 4 nitrogen and oxygen atoms in total. The topological polar surface area (TPSA) is 58.2 Å². The highest BCUT2D eigenvalue weighted by Gasteiger charge is 2.14. The van der Waals surface area contributed by atoms with E-state index in [9.17, 15) is 18.4 Å². The number of benzene rings is 2.